The van der Waals surface area contributed by atoms with Crippen molar-refractivity contribution >= 4 is 68.4 Å². The van der Waals surface area contributed by atoms with Gasteiger partial charge in [0.05, 0.1) is 26.6 Å². The molecule has 0 saturated carbocycles. The van der Waals surface area contributed by atoms with Crippen molar-refractivity contribution in [2.24, 2.45) is 7.05 Å². The molecule has 0 aliphatic carbocycles. The van der Waals surface area contributed by atoms with Crippen LogP contribution in [0.3, 0.4) is 0 Å². The van der Waals surface area contributed by atoms with Gasteiger partial charge >= 0.3 is 20.2 Å². The highest BCUT2D eigenvalue weighted by Crippen LogP contribution is 2.67. The van der Waals surface area contributed by atoms with Gasteiger partial charge in [-0.15, -0.1) is 0 Å². The van der Waals surface area contributed by atoms with Gasteiger partial charge in [-0.3, -0.25) is 37.8 Å². The van der Waals surface area contributed by atoms with E-state index >= 15 is 0 Å². The molecule has 4 aromatic rings. The summed E-state index contributed by atoms with van der Waals surface area (Å²) in [6.45, 7) is -7.18. The SMILES string of the molecule is CO[C@H]1C(O)[C@@H](COP(=O)([O-])OP(O)(=S)OP(=O)(O)OC[C@H]2O[C@@H](n3cnc4c(=O)[nH]c(N)nc43)[C@H](O)[C@@H]2O)O[C@H]1[n+]1cn(C)c2c(=O)[nH]c(N)nc21. The van der Waals surface area contributed by atoms with Crippen molar-refractivity contribution in [3.8, 4) is 0 Å². The fourth-order valence-corrected chi connectivity index (χ4v) is 10.6. The smallest absolute Gasteiger partial charge is 0.479 e. The van der Waals surface area contributed by atoms with Gasteiger partial charge in [0, 0.05) is 7.11 Å². The van der Waals surface area contributed by atoms with E-state index in [0.717, 1.165) is 10.9 Å². The fraction of sp³-hybridized carbons (Fsp3) is 0.545. The second-order valence-corrected chi connectivity index (χ2v) is 17.4. The number of ether oxygens (including phenoxy) is 3. The van der Waals surface area contributed by atoms with E-state index in [0.29, 0.717) is 0 Å². The summed E-state index contributed by atoms with van der Waals surface area (Å²) in [5.41, 5.74) is 9.78. The van der Waals surface area contributed by atoms with E-state index in [4.69, 9.17) is 34.7 Å². The number of nitrogens with one attached hydrogen (secondary N) is 2. The maximum absolute atomic E-state index is 12.6. The topological polar surface area (TPSA) is 393 Å². The zero-order valence-corrected chi connectivity index (χ0v) is 30.4. The average Bonchev–Trinajstić information content (AvgIpc) is 3.77. The molecule has 2 fully saturated rings. The molecule has 2 saturated heterocycles. The Morgan fingerprint density at radius 1 is 1.00 bits per heavy atom. The van der Waals surface area contributed by atoms with Crippen molar-refractivity contribution in [3.05, 3.63) is 33.4 Å². The summed E-state index contributed by atoms with van der Waals surface area (Å²) in [7, 11) is -8.45. The predicted molar refractivity (Wildman–Crippen MR) is 173 cm³/mol. The first-order valence-corrected chi connectivity index (χ1v) is 20.3. The Morgan fingerprint density at radius 3 is 2.34 bits per heavy atom. The van der Waals surface area contributed by atoms with Crippen molar-refractivity contribution in [2.45, 2.75) is 49.1 Å². The second-order valence-electron chi connectivity index (χ2n) is 11.5. The predicted octanol–water partition coefficient (Wildman–Crippen LogP) is -4.41. The number of rotatable bonds is 13. The number of hydrogen-bond acceptors (Lipinski definition) is 21. The van der Waals surface area contributed by atoms with Crippen LogP contribution in [0.1, 0.15) is 12.5 Å². The van der Waals surface area contributed by atoms with Crippen molar-refractivity contribution < 1.29 is 75.6 Å². The lowest BCUT2D eigenvalue weighted by atomic mass is 10.1. The van der Waals surface area contributed by atoms with E-state index in [1.54, 1.807) is 0 Å². The van der Waals surface area contributed by atoms with E-state index in [9.17, 15) is 48.7 Å². The van der Waals surface area contributed by atoms with Gasteiger partial charge in [0.2, 0.25) is 17.7 Å². The first-order valence-electron chi connectivity index (χ1n) is 14.8. The Kier molecular flexibility index (Phi) is 10.8. The molecule has 0 radical (unpaired) electrons. The zero-order chi connectivity index (χ0) is 38.8. The van der Waals surface area contributed by atoms with Crippen LogP contribution in [0.2, 0.25) is 0 Å². The van der Waals surface area contributed by atoms with Crippen LogP contribution in [-0.4, -0.2) is 116 Å². The fourth-order valence-electron chi connectivity index (χ4n) is 5.67. The highest BCUT2D eigenvalue weighted by Gasteiger charge is 2.49. The third kappa shape index (κ3) is 8.00. The van der Waals surface area contributed by atoms with Crippen LogP contribution in [-0.2, 0) is 59.9 Å². The first kappa shape index (κ1) is 39.6. The number of hydrogen-bond donors (Lipinski definition) is 9. The number of aliphatic hydroxyl groups excluding tert-OH is 3. The van der Waals surface area contributed by atoms with Gasteiger partial charge in [0.15, 0.2) is 23.7 Å². The third-order valence-electron chi connectivity index (χ3n) is 7.92. The van der Waals surface area contributed by atoms with Gasteiger partial charge in [-0.2, -0.15) is 4.98 Å². The summed E-state index contributed by atoms with van der Waals surface area (Å²) in [6.07, 6.45) is -9.42. The summed E-state index contributed by atoms with van der Waals surface area (Å²) in [5, 5.41) is 31.9. The van der Waals surface area contributed by atoms with Crippen molar-refractivity contribution in [3.63, 3.8) is 0 Å². The maximum Gasteiger partial charge on any atom is 0.479 e. The zero-order valence-electron chi connectivity index (χ0n) is 26.9. The molecule has 2 aliphatic rings. The first-order chi connectivity index (χ1) is 24.7. The molecule has 2 aliphatic heterocycles. The molecular weight excluding hydrogens is 801 g/mol. The molecule has 31 heteroatoms. The molecule has 292 valence electrons. The molecule has 11 N–H and O–H groups in total. The Balaban J connectivity index is 1.06. The molecule has 6 heterocycles. The summed E-state index contributed by atoms with van der Waals surface area (Å²) in [4.78, 5) is 74.1. The Morgan fingerprint density at radius 2 is 1.64 bits per heavy atom. The number of aromatic amines is 2. The molecular formula is C22H31N10O17P3S. The highest BCUT2D eigenvalue weighted by molar-refractivity contribution is 8.09. The van der Waals surface area contributed by atoms with Gasteiger partial charge in [-0.05, 0) is 11.8 Å². The number of imidazole rings is 2. The van der Waals surface area contributed by atoms with E-state index in [2.05, 4.69) is 45.3 Å². The average molecular weight is 833 g/mol. The second kappa shape index (κ2) is 14.5. The van der Waals surface area contributed by atoms with Gasteiger partial charge in [-0.1, -0.05) is 4.98 Å². The minimum Gasteiger partial charge on any atom is -0.756 e. The van der Waals surface area contributed by atoms with Gasteiger partial charge in [0.1, 0.15) is 36.6 Å². The number of aromatic nitrogens is 8. The van der Waals surface area contributed by atoms with E-state index < -0.39 is 95.8 Å². The summed E-state index contributed by atoms with van der Waals surface area (Å²) in [5.74, 6) is -0.512. The normalized spacial score (nSPS) is 29.7. The van der Waals surface area contributed by atoms with Gasteiger partial charge in [-0.25, -0.2) is 22.7 Å². The van der Waals surface area contributed by atoms with Crippen molar-refractivity contribution in [1.29, 1.82) is 0 Å². The number of fused-ring (bicyclic) bond motifs is 2. The van der Waals surface area contributed by atoms with Gasteiger partial charge in [0.25, 0.3) is 24.9 Å². The number of methoxy groups -OCH3 is 1. The quantitative estimate of drug-likeness (QED) is 0.0453. The third-order valence-corrected chi connectivity index (χ3v) is 13.3. The van der Waals surface area contributed by atoms with Crippen LogP contribution in [0, 0.1) is 0 Å². The number of aliphatic hydroxyl groups is 3. The molecule has 4 aromatic heterocycles. The summed E-state index contributed by atoms with van der Waals surface area (Å²) < 4.78 is 63.8. The number of phosphoric acid groups is 2. The highest BCUT2D eigenvalue weighted by atomic mass is 32.5. The Bertz CT molecular complexity index is 2300. The molecule has 6 rings (SSSR count). The minimum atomic E-state index is -5.70. The molecule has 0 spiro atoms. The van der Waals surface area contributed by atoms with E-state index in [1.807, 2.05) is 0 Å². The van der Waals surface area contributed by atoms with Crippen LogP contribution < -0.4 is 32.0 Å². The molecule has 0 bridgehead atoms. The molecule has 53 heavy (non-hydrogen) atoms. The molecule has 27 nitrogen and oxygen atoms in total. The number of phosphoric ester groups is 2. The maximum atomic E-state index is 12.6. The van der Waals surface area contributed by atoms with Crippen LogP contribution in [0.25, 0.3) is 22.3 Å². The standard InChI is InChI=1S/C22H31N10O17P3S/c1-30-6-32(16-10(30)18(37)29-22(24)27-16)20-14(43-2)12(34)8(47-20)4-45-51(40,41)49-52(42,53)48-50(38,39)44-3-7-11(33)13(35)19(46-7)31-5-25-9-15(31)26-21(23)28-17(9)36/h5-8,11-14,19-20,33-35H,3-4H2,1-2H3,(H8-,23,24,26,27,28,29,36,37,38,39,40,41,42,53)/t7-,8-,11-,12?,13-,14+,19-,20-,52?/m1/s1. The molecule has 4 unspecified atom stereocenters. The monoisotopic (exact) mass is 832 g/mol. The Hall–Kier alpha value is -3.11. The Labute approximate surface area is 299 Å². The number of anilines is 2. The van der Waals surface area contributed by atoms with Crippen LogP contribution in [0.5, 0.6) is 0 Å². The number of nitrogens with zero attached hydrogens (tertiary/aromatic N) is 6. The summed E-state index contributed by atoms with van der Waals surface area (Å²) >= 11 is 4.56. The van der Waals surface area contributed by atoms with E-state index in [1.165, 1.54) is 29.6 Å². The number of aryl methyl sites for hydroxylation is 1. The van der Waals surface area contributed by atoms with Crippen molar-refractivity contribution in [1.82, 2.24) is 34.1 Å². The number of nitrogen functional groups attached to an aromatic ring is 2. The lowest BCUT2D eigenvalue weighted by Gasteiger charge is -2.28. The summed E-state index contributed by atoms with van der Waals surface area (Å²) in [6, 6.07) is 0. The van der Waals surface area contributed by atoms with Gasteiger partial charge < -0.3 is 60.2 Å². The minimum absolute atomic E-state index is 0.0405. The number of H-pyrrole nitrogens is 2. The van der Waals surface area contributed by atoms with Crippen LogP contribution in [0.4, 0.5) is 11.9 Å². The lowest BCUT2D eigenvalue weighted by molar-refractivity contribution is -0.746. The molecule has 0 amide bonds. The lowest BCUT2D eigenvalue weighted by Crippen LogP contribution is -2.47. The molecule has 11 atom stereocenters. The number of nitrogens with two attached hydrogens (primary N) is 2. The van der Waals surface area contributed by atoms with Crippen LogP contribution in [0.15, 0.2) is 22.2 Å². The van der Waals surface area contributed by atoms with Crippen molar-refractivity contribution in [2.75, 3.05) is 31.8 Å². The largest absolute Gasteiger partial charge is 0.756 e. The molecule has 0 aromatic carbocycles. The van der Waals surface area contributed by atoms with E-state index in [-0.39, 0.29) is 34.2 Å². The van der Waals surface area contributed by atoms with Crippen LogP contribution >= 0.6 is 22.4 Å².